The third kappa shape index (κ3) is 4.63. The molecule has 1 aromatic rings. The van der Waals surface area contributed by atoms with E-state index < -0.39 is 4.83 Å². The van der Waals surface area contributed by atoms with Crippen LogP contribution in [0.2, 0.25) is 0 Å². The first-order valence-corrected chi connectivity index (χ1v) is 9.51. The van der Waals surface area contributed by atoms with Gasteiger partial charge in [-0.15, -0.1) is 0 Å². The zero-order valence-corrected chi connectivity index (χ0v) is 15.8. The zero-order chi connectivity index (χ0) is 17.0. The minimum atomic E-state index is -0.528. The number of carbonyl (C=O) groups excluding carboxylic acids is 1. The summed E-state index contributed by atoms with van der Waals surface area (Å²) in [5.74, 6) is 1.38. The van der Waals surface area contributed by atoms with Gasteiger partial charge in [0.1, 0.15) is 10.6 Å². The lowest BCUT2D eigenvalue weighted by Gasteiger charge is -2.21. The van der Waals surface area contributed by atoms with Crippen LogP contribution in [0.1, 0.15) is 44.0 Å². The number of halogens is 2. The fourth-order valence-corrected chi connectivity index (χ4v) is 3.97. The minimum absolute atomic E-state index is 0.0719. The van der Waals surface area contributed by atoms with E-state index in [-0.39, 0.29) is 17.5 Å². The number of hydrogen-bond donors (Lipinski definition) is 1. The summed E-state index contributed by atoms with van der Waals surface area (Å²) in [6.45, 7) is 8.69. The molecule has 0 spiro atoms. The molecule has 1 fully saturated rings. The van der Waals surface area contributed by atoms with Gasteiger partial charge in [0.15, 0.2) is 5.78 Å². The van der Waals surface area contributed by atoms with E-state index >= 15 is 0 Å². The Morgan fingerprint density at radius 3 is 2.74 bits per heavy atom. The number of rotatable bonds is 9. The lowest BCUT2D eigenvalue weighted by atomic mass is 9.89. The summed E-state index contributed by atoms with van der Waals surface area (Å²) < 4.78 is 13.9. The van der Waals surface area contributed by atoms with Gasteiger partial charge in [0.05, 0.1) is 0 Å². The van der Waals surface area contributed by atoms with Gasteiger partial charge in [-0.2, -0.15) is 0 Å². The van der Waals surface area contributed by atoms with Crippen LogP contribution in [0.5, 0.6) is 0 Å². The van der Waals surface area contributed by atoms with Gasteiger partial charge in [0.2, 0.25) is 0 Å². The highest BCUT2D eigenvalue weighted by molar-refractivity contribution is 9.09. The van der Waals surface area contributed by atoms with Gasteiger partial charge in [0.25, 0.3) is 0 Å². The average Bonchev–Trinajstić information content (AvgIpc) is 3.34. The van der Waals surface area contributed by atoms with E-state index in [4.69, 9.17) is 0 Å². The molecule has 128 valence electrons. The predicted octanol–water partition coefficient (Wildman–Crippen LogP) is 4.74. The molecule has 0 bridgehead atoms. The molecule has 0 saturated heterocycles. The molecule has 2 nitrogen and oxygen atoms in total. The summed E-state index contributed by atoms with van der Waals surface area (Å²) in [7, 11) is 0. The molecule has 1 aliphatic rings. The van der Waals surface area contributed by atoms with Crippen LogP contribution in [0.3, 0.4) is 0 Å². The summed E-state index contributed by atoms with van der Waals surface area (Å²) in [5.41, 5.74) is 0.452. The molecule has 0 aliphatic heterocycles. The molecule has 1 aliphatic carbocycles. The van der Waals surface area contributed by atoms with E-state index in [0.29, 0.717) is 23.3 Å². The van der Waals surface area contributed by atoms with Crippen molar-refractivity contribution in [3.8, 4) is 0 Å². The number of alkyl halides is 1. The van der Waals surface area contributed by atoms with Crippen LogP contribution in [0.25, 0.3) is 0 Å². The molecule has 23 heavy (non-hydrogen) atoms. The van der Waals surface area contributed by atoms with E-state index in [2.05, 4.69) is 42.0 Å². The second kappa shape index (κ2) is 8.39. The maximum atomic E-state index is 13.9. The van der Waals surface area contributed by atoms with Crippen molar-refractivity contribution in [2.75, 3.05) is 13.1 Å². The molecular weight excluding hydrogens is 357 g/mol. The summed E-state index contributed by atoms with van der Waals surface area (Å²) in [4.78, 5) is 12.1. The highest BCUT2D eigenvalue weighted by Gasteiger charge is 2.48. The van der Waals surface area contributed by atoms with Crippen molar-refractivity contribution in [1.29, 1.82) is 0 Å². The predicted molar refractivity (Wildman–Crippen MR) is 96.2 cm³/mol. The Labute approximate surface area is 147 Å². The van der Waals surface area contributed by atoms with Gasteiger partial charge in [-0.1, -0.05) is 54.9 Å². The van der Waals surface area contributed by atoms with Crippen LogP contribution in [-0.4, -0.2) is 18.9 Å². The quantitative estimate of drug-likeness (QED) is 0.492. The Kier molecular flexibility index (Phi) is 6.78. The van der Waals surface area contributed by atoms with Crippen molar-refractivity contribution in [2.24, 2.45) is 23.7 Å². The van der Waals surface area contributed by atoms with Crippen LogP contribution >= 0.6 is 15.9 Å². The van der Waals surface area contributed by atoms with E-state index in [9.17, 15) is 9.18 Å². The van der Waals surface area contributed by atoms with E-state index in [1.807, 2.05) is 0 Å². The molecule has 0 amide bonds. The first kappa shape index (κ1) is 18.6. The Balaban J connectivity index is 1.89. The van der Waals surface area contributed by atoms with Crippen LogP contribution in [0, 0.1) is 29.5 Å². The fraction of sp³-hybridized carbons (Fsp3) is 0.632. The topological polar surface area (TPSA) is 29.1 Å². The third-order valence-electron chi connectivity index (χ3n) is 5.10. The first-order valence-electron chi connectivity index (χ1n) is 8.60. The maximum Gasteiger partial charge on any atom is 0.154 e. The largest absolute Gasteiger partial charge is 0.316 e. The zero-order valence-electron chi connectivity index (χ0n) is 14.2. The van der Waals surface area contributed by atoms with Crippen molar-refractivity contribution in [1.82, 2.24) is 5.32 Å². The van der Waals surface area contributed by atoms with Crippen molar-refractivity contribution < 1.29 is 9.18 Å². The summed E-state index contributed by atoms with van der Waals surface area (Å²) in [6.07, 6.45) is 2.08. The van der Waals surface area contributed by atoms with Crippen LogP contribution in [0.4, 0.5) is 4.39 Å². The second-order valence-corrected chi connectivity index (χ2v) is 7.75. The summed E-state index contributed by atoms with van der Waals surface area (Å²) >= 11 is 3.41. The number of benzene rings is 1. The molecule has 0 heterocycles. The second-order valence-electron chi connectivity index (χ2n) is 6.83. The lowest BCUT2D eigenvalue weighted by Crippen LogP contribution is -2.27. The molecule has 1 aromatic carbocycles. The van der Waals surface area contributed by atoms with Crippen molar-refractivity contribution >= 4 is 21.7 Å². The molecule has 1 N–H and O–H groups in total. The van der Waals surface area contributed by atoms with Gasteiger partial charge in [0, 0.05) is 11.5 Å². The molecule has 5 atom stereocenters. The Hall–Kier alpha value is -0.740. The first-order chi connectivity index (χ1) is 11.0. The fourth-order valence-electron chi connectivity index (χ4n) is 3.26. The summed E-state index contributed by atoms with van der Waals surface area (Å²) in [5, 5.41) is 3.45. The monoisotopic (exact) mass is 383 g/mol. The standard InChI is InChI=1S/C19H27BrFNO/c1-4-9-22-11-12(2)13(3)15-10-16(15)19(23)18(20)14-7-5-6-8-17(14)21/h5-8,12-13,15-16,18,22H,4,9-11H2,1-3H3. The Morgan fingerprint density at radius 1 is 1.39 bits per heavy atom. The van der Waals surface area contributed by atoms with Crippen LogP contribution in [0.15, 0.2) is 24.3 Å². The Morgan fingerprint density at radius 2 is 2.09 bits per heavy atom. The molecule has 2 rings (SSSR count). The highest BCUT2D eigenvalue weighted by Crippen LogP contribution is 2.50. The molecular formula is C19H27BrFNO. The van der Waals surface area contributed by atoms with E-state index in [0.717, 1.165) is 25.9 Å². The SMILES string of the molecule is CCCNCC(C)C(C)C1CC1C(=O)C(Br)c1ccccc1F. The van der Waals surface area contributed by atoms with E-state index in [1.54, 1.807) is 18.2 Å². The summed E-state index contributed by atoms with van der Waals surface area (Å²) in [6, 6.07) is 6.51. The van der Waals surface area contributed by atoms with Crippen molar-refractivity contribution in [3.05, 3.63) is 35.6 Å². The van der Waals surface area contributed by atoms with Gasteiger partial charge in [-0.25, -0.2) is 4.39 Å². The molecule has 1 saturated carbocycles. The average molecular weight is 384 g/mol. The van der Waals surface area contributed by atoms with Crippen LogP contribution < -0.4 is 5.32 Å². The number of carbonyl (C=O) groups is 1. The number of Topliss-reactive ketones (excluding diaryl/α,β-unsaturated/α-hetero) is 1. The number of hydrogen-bond acceptors (Lipinski definition) is 2. The number of nitrogens with one attached hydrogen (secondary N) is 1. The van der Waals surface area contributed by atoms with Gasteiger partial charge < -0.3 is 5.32 Å². The van der Waals surface area contributed by atoms with Crippen LogP contribution in [-0.2, 0) is 4.79 Å². The number of ketones is 1. The van der Waals surface area contributed by atoms with Gasteiger partial charge in [-0.3, -0.25) is 4.79 Å². The minimum Gasteiger partial charge on any atom is -0.316 e. The molecule has 5 unspecified atom stereocenters. The van der Waals surface area contributed by atoms with Crippen molar-refractivity contribution in [2.45, 2.75) is 38.4 Å². The highest BCUT2D eigenvalue weighted by atomic mass is 79.9. The molecule has 0 radical (unpaired) electrons. The van der Waals surface area contributed by atoms with Gasteiger partial charge in [-0.05, 0) is 49.8 Å². The molecule has 0 aromatic heterocycles. The van der Waals surface area contributed by atoms with Gasteiger partial charge >= 0.3 is 0 Å². The Bertz CT molecular complexity index is 536. The third-order valence-corrected chi connectivity index (χ3v) is 6.04. The van der Waals surface area contributed by atoms with E-state index in [1.165, 1.54) is 6.07 Å². The lowest BCUT2D eigenvalue weighted by molar-refractivity contribution is -0.120. The normalized spacial score (nSPS) is 24.0. The molecule has 4 heteroatoms. The van der Waals surface area contributed by atoms with Crippen molar-refractivity contribution in [3.63, 3.8) is 0 Å². The smallest absolute Gasteiger partial charge is 0.154 e. The maximum absolute atomic E-state index is 13.9.